The first kappa shape index (κ1) is 25.1. The summed E-state index contributed by atoms with van der Waals surface area (Å²) in [6, 6.07) is 5.07. The lowest BCUT2D eigenvalue weighted by atomic mass is 10.1. The summed E-state index contributed by atoms with van der Waals surface area (Å²) in [6.07, 6.45) is 11.7. The normalized spacial score (nSPS) is 11.8. The van der Waals surface area contributed by atoms with E-state index in [0.717, 1.165) is 25.1 Å². The summed E-state index contributed by atoms with van der Waals surface area (Å²) in [7, 11) is -2.33. The quantitative estimate of drug-likeness (QED) is 0.150. The molecule has 0 saturated carbocycles. The van der Waals surface area contributed by atoms with Gasteiger partial charge in [0.1, 0.15) is 5.75 Å². The zero-order chi connectivity index (χ0) is 20.1. The molecule has 156 valence electrons. The highest BCUT2D eigenvalue weighted by Crippen LogP contribution is 2.36. The van der Waals surface area contributed by atoms with Crippen LogP contribution in [0.25, 0.3) is 0 Å². The van der Waals surface area contributed by atoms with Crippen LogP contribution in [-0.4, -0.2) is 15.2 Å². The fourth-order valence-corrected chi connectivity index (χ4v) is 6.06. The van der Waals surface area contributed by atoms with Gasteiger partial charge in [-0.05, 0) is 24.6 Å². The molecule has 1 aromatic rings. The van der Waals surface area contributed by atoms with Crippen molar-refractivity contribution in [3.05, 3.63) is 27.2 Å². The molecular formula is C21H35Cl3O2Si. The molecule has 0 unspecified atom stereocenters. The molecule has 0 aliphatic carbocycles. The topological polar surface area (TPSA) is 18.5 Å². The summed E-state index contributed by atoms with van der Waals surface area (Å²) in [6.45, 7) is 7.26. The van der Waals surface area contributed by atoms with Crippen molar-refractivity contribution < 1.29 is 8.85 Å². The van der Waals surface area contributed by atoms with Crippen LogP contribution in [0.15, 0.2) is 12.1 Å². The fourth-order valence-electron chi connectivity index (χ4n) is 3.08. The second-order valence-electron chi connectivity index (χ2n) is 7.09. The van der Waals surface area contributed by atoms with Crippen molar-refractivity contribution in [1.29, 1.82) is 0 Å². The van der Waals surface area contributed by atoms with Crippen molar-refractivity contribution in [3.8, 4) is 5.75 Å². The van der Waals surface area contributed by atoms with E-state index in [1.807, 2.05) is 0 Å². The summed E-state index contributed by atoms with van der Waals surface area (Å²) in [5, 5.41) is 1.37. The standard InChI is InChI=1S/C21H35Cl3O2Si/c1-4-7-8-9-10-11-12-13-14-15-25-27(5-2,6-3)26-21-17-19(23)18(22)16-20(21)24/h16-17H,4-15H2,1-3H3. The van der Waals surface area contributed by atoms with Gasteiger partial charge in [-0.3, -0.25) is 0 Å². The summed E-state index contributed by atoms with van der Waals surface area (Å²) in [5.41, 5.74) is 0. The van der Waals surface area contributed by atoms with E-state index in [0.29, 0.717) is 20.8 Å². The van der Waals surface area contributed by atoms with E-state index in [1.165, 1.54) is 51.4 Å². The number of unbranched alkanes of at least 4 members (excludes halogenated alkanes) is 8. The van der Waals surface area contributed by atoms with Gasteiger partial charge in [-0.25, -0.2) is 0 Å². The Morgan fingerprint density at radius 2 is 1.22 bits per heavy atom. The molecule has 0 aromatic heterocycles. The fraction of sp³-hybridized carbons (Fsp3) is 0.714. The van der Waals surface area contributed by atoms with Crippen LogP contribution in [0.3, 0.4) is 0 Å². The Labute approximate surface area is 182 Å². The number of hydrogen-bond donors (Lipinski definition) is 0. The second kappa shape index (κ2) is 14.1. The molecule has 1 aromatic carbocycles. The average Bonchev–Trinajstić information content (AvgIpc) is 2.66. The van der Waals surface area contributed by atoms with E-state index < -0.39 is 8.56 Å². The van der Waals surface area contributed by atoms with E-state index in [4.69, 9.17) is 43.7 Å². The van der Waals surface area contributed by atoms with Gasteiger partial charge >= 0.3 is 8.56 Å². The predicted octanol–water partition coefficient (Wildman–Crippen LogP) is 9.05. The van der Waals surface area contributed by atoms with Gasteiger partial charge in [-0.2, -0.15) is 0 Å². The highest BCUT2D eigenvalue weighted by Gasteiger charge is 2.36. The number of benzene rings is 1. The van der Waals surface area contributed by atoms with Gasteiger partial charge in [-0.15, -0.1) is 0 Å². The zero-order valence-corrected chi connectivity index (χ0v) is 20.4. The Kier molecular flexibility index (Phi) is 13.1. The molecule has 0 bridgehead atoms. The van der Waals surface area contributed by atoms with Gasteiger partial charge in [0.2, 0.25) is 0 Å². The van der Waals surface area contributed by atoms with E-state index >= 15 is 0 Å². The molecular weight excluding hydrogens is 419 g/mol. The number of hydrogen-bond acceptors (Lipinski definition) is 2. The Morgan fingerprint density at radius 3 is 1.78 bits per heavy atom. The predicted molar refractivity (Wildman–Crippen MR) is 122 cm³/mol. The first-order valence-corrected chi connectivity index (χ1v) is 13.8. The number of rotatable bonds is 15. The van der Waals surface area contributed by atoms with Crippen LogP contribution in [0.2, 0.25) is 27.2 Å². The van der Waals surface area contributed by atoms with Crippen molar-refractivity contribution in [2.45, 2.75) is 90.6 Å². The van der Waals surface area contributed by atoms with Crippen molar-refractivity contribution in [3.63, 3.8) is 0 Å². The lowest BCUT2D eigenvalue weighted by Crippen LogP contribution is -2.44. The largest absolute Gasteiger partial charge is 0.519 e. The summed E-state index contributed by atoms with van der Waals surface area (Å²) < 4.78 is 12.6. The zero-order valence-electron chi connectivity index (χ0n) is 17.1. The van der Waals surface area contributed by atoms with Crippen molar-refractivity contribution in [1.82, 2.24) is 0 Å². The maximum atomic E-state index is 6.30. The van der Waals surface area contributed by atoms with Gasteiger partial charge in [0, 0.05) is 12.7 Å². The Morgan fingerprint density at radius 1 is 0.704 bits per heavy atom. The highest BCUT2D eigenvalue weighted by molar-refractivity contribution is 6.68. The molecule has 6 heteroatoms. The minimum atomic E-state index is -2.33. The number of halogens is 3. The van der Waals surface area contributed by atoms with Crippen LogP contribution in [0.1, 0.15) is 78.6 Å². The van der Waals surface area contributed by atoms with Gasteiger partial charge in [0.15, 0.2) is 0 Å². The molecule has 0 atom stereocenters. The van der Waals surface area contributed by atoms with Crippen LogP contribution in [0.4, 0.5) is 0 Å². The molecule has 1 rings (SSSR count). The van der Waals surface area contributed by atoms with Crippen LogP contribution in [-0.2, 0) is 4.43 Å². The first-order chi connectivity index (χ1) is 13.0. The van der Waals surface area contributed by atoms with Gasteiger partial charge < -0.3 is 8.85 Å². The minimum Gasteiger partial charge on any atom is -0.519 e. The average molecular weight is 454 g/mol. The smallest absolute Gasteiger partial charge is 0.398 e. The third kappa shape index (κ3) is 9.40. The molecule has 0 radical (unpaired) electrons. The van der Waals surface area contributed by atoms with Crippen LogP contribution >= 0.6 is 34.8 Å². The first-order valence-electron chi connectivity index (χ1n) is 10.5. The Bertz CT molecular complexity index is 536. The Hall–Kier alpha value is 0.0669. The highest BCUT2D eigenvalue weighted by atomic mass is 35.5. The molecule has 2 nitrogen and oxygen atoms in total. The summed E-state index contributed by atoms with van der Waals surface area (Å²) >= 11 is 18.4. The summed E-state index contributed by atoms with van der Waals surface area (Å²) in [5.74, 6) is 0.577. The van der Waals surface area contributed by atoms with Crippen LogP contribution in [0, 0.1) is 0 Å². The molecule has 0 aliphatic heterocycles. The minimum absolute atomic E-state index is 0.435. The van der Waals surface area contributed by atoms with E-state index in [9.17, 15) is 0 Å². The third-order valence-corrected chi connectivity index (χ3v) is 9.46. The monoisotopic (exact) mass is 452 g/mol. The SMILES string of the molecule is CCCCCCCCCCCO[Si](CC)(CC)Oc1cc(Cl)c(Cl)cc1Cl. The molecule has 0 saturated heterocycles. The molecule has 0 N–H and O–H groups in total. The third-order valence-electron chi connectivity index (χ3n) is 4.96. The van der Waals surface area contributed by atoms with Crippen LogP contribution in [0.5, 0.6) is 5.75 Å². The molecule has 0 fully saturated rings. The van der Waals surface area contributed by atoms with Gasteiger partial charge in [0.05, 0.1) is 15.1 Å². The molecule has 0 amide bonds. The van der Waals surface area contributed by atoms with Gasteiger partial charge in [0.25, 0.3) is 0 Å². The van der Waals surface area contributed by atoms with E-state index in [-0.39, 0.29) is 0 Å². The lowest BCUT2D eigenvalue weighted by Gasteiger charge is -2.30. The van der Waals surface area contributed by atoms with E-state index in [2.05, 4.69) is 20.8 Å². The molecule has 0 spiro atoms. The van der Waals surface area contributed by atoms with Gasteiger partial charge in [-0.1, -0.05) is 107 Å². The molecule has 0 heterocycles. The maximum absolute atomic E-state index is 6.30. The molecule has 27 heavy (non-hydrogen) atoms. The van der Waals surface area contributed by atoms with Crippen molar-refractivity contribution in [2.75, 3.05) is 6.61 Å². The second-order valence-corrected chi connectivity index (χ2v) is 12.0. The lowest BCUT2D eigenvalue weighted by molar-refractivity contribution is 0.230. The van der Waals surface area contributed by atoms with Crippen molar-refractivity contribution in [2.24, 2.45) is 0 Å². The summed E-state index contributed by atoms with van der Waals surface area (Å²) in [4.78, 5) is 0. The Balaban J connectivity index is 2.39. The van der Waals surface area contributed by atoms with E-state index in [1.54, 1.807) is 12.1 Å². The maximum Gasteiger partial charge on any atom is 0.398 e. The molecule has 0 aliphatic rings. The van der Waals surface area contributed by atoms with Crippen LogP contribution < -0.4 is 4.43 Å². The van der Waals surface area contributed by atoms with Crippen molar-refractivity contribution >= 4 is 43.4 Å².